The number of carbonyl (C=O) groups excluding carboxylic acids is 1. The molecule has 1 saturated carbocycles. The van der Waals surface area contributed by atoms with E-state index in [1.54, 1.807) is 20.0 Å². The number of nitro benzene ring substituents is 1. The number of rotatable bonds is 5. The van der Waals surface area contributed by atoms with E-state index in [0.717, 1.165) is 12.8 Å². The molecular formula is C21H25N3O6. The van der Waals surface area contributed by atoms with Crippen molar-refractivity contribution in [2.75, 3.05) is 24.6 Å². The molecule has 30 heavy (non-hydrogen) atoms. The van der Waals surface area contributed by atoms with Crippen molar-refractivity contribution < 1.29 is 19.6 Å². The molecule has 2 heterocycles. The van der Waals surface area contributed by atoms with Crippen LogP contribution < -0.4 is 10.3 Å². The Bertz CT molecular complexity index is 1080. The first-order valence-corrected chi connectivity index (χ1v) is 10.3. The summed E-state index contributed by atoms with van der Waals surface area (Å²) in [5, 5.41) is 21.9. The van der Waals surface area contributed by atoms with Gasteiger partial charge in [-0.2, -0.15) is 0 Å². The fraction of sp³-hybridized carbons (Fsp3) is 0.524. The number of benzene rings is 1. The second-order valence-corrected chi connectivity index (χ2v) is 7.97. The lowest BCUT2D eigenvalue weighted by atomic mass is 10.0. The number of hydrogen-bond acceptors (Lipinski definition) is 7. The predicted octanol–water partition coefficient (Wildman–Crippen LogP) is 2.69. The Morgan fingerprint density at radius 3 is 2.53 bits per heavy atom. The van der Waals surface area contributed by atoms with Crippen LogP contribution in [0.5, 0.6) is 0 Å². The van der Waals surface area contributed by atoms with E-state index < -0.39 is 22.4 Å². The van der Waals surface area contributed by atoms with E-state index >= 15 is 0 Å². The van der Waals surface area contributed by atoms with Gasteiger partial charge in [0.15, 0.2) is 0 Å². The van der Waals surface area contributed by atoms with E-state index in [1.165, 1.54) is 6.07 Å². The highest BCUT2D eigenvalue weighted by Crippen LogP contribution is 2.42. The number of hydrogen-bond donors (Lipinski definition) is 1. The number of nitrogens with zero attached hydrogens (tertiary/aromatic N) is 3. The third-order valence-electron chi connectivity index (χ3n) is 5.92. The van der Waals surface area contributed by atoms with Crippen molar-refractivity contribution in [1.82, 2.24) is 4.57 Å². The summed E-state index contributed by atoms with van der Waals surface area (Å²) in [6, 6.07) is 1.45. The van der Waals surface area contributed by atoms with Gasteiger partial charge in [-0.15, -0.1) is 0 Å². The van der Waals surface area contributed by atoms with Gasteiger partial charge in [-0.1, -0.05) is 0 Å². The van der Waals surface area contributed by atoms with Crippen molar-refractivity contribution in [3.63, 3.8) is 0 Å². The lowest BCUT2D eigenvalue weighted by Crippen LogP contribution is -2.36. The summed E-state index contributed by atoms with van der Waals surface area (Å²) in [5.41, 5.74) is 0.956. The van der Waals surface area contributed by atoms with Gasteiger partial charge < -0.3 is 19.3 Å². The second-order valence-electron chi connectivity index (χ2n) is 7.97. The molecule has 0 radical (unpaired) electrons. The predicted molar refractivity (Wildman–Crippen MR) is 111 cm³/mol. The molecule has 9 heteroatoms. The first-order valence-electron chi connectivity index (χ1n) is 10.3. The largest absolute Gasteiger partial charge is 0.462 e. The quantitative estimate of drug-likeness (QED) is 0.453. The minimum absolute atomic E-state index is 0.0983. The molecule has 1 saturated heterocycles. The molecule has 2 aliphatic rings. The van der Waals surface area contributed by atoms with E-state index in [0.29, 0.717) is 42.7 Å². The molecule has 2 fully saturated rings. The number of piperidine rings is 1. The highest BCUT2D eigenvalue weighted by molar-refractivity contribution is 5.98. The van der Waals surface area contributed by atoms with Gasteiger partial charge in [-0.25, -0.2) is 4.79 Å². The molecule has 4 rings (SSSR count). The van der Waals surface area contributed by atoms with E-state index in [2.05, 4.69) is 0 Å². The van der Waals surface area contributed by atoms with Crippen LogP contribution in [0, 0.1) is 17.0 Å². The Morgan fingerprint density at radius 1 is 1.30 bits per heavy atom. The zero-order chi connectivity index (χ0) is 21.6. The van der Waals surface area contributed by atoms with Gasteiger partial charge in [0, 0.05) is 37.0 Å². The number of esters is 1. The minimum atomic E-state index is -0.715. The summed E-state index contributed by atoms with van der Waals surface area (Å²) in [5.74, 6) is -0.715. The third-order valence-corrected chi connectivity index (χ3v) is 5.92. The summed E-state index contributed by atoms with van der Waals surface area (Å²) < 4.78 is 6.94. The van der Waals surface area contributed by atoms with Crippen LogP contribution in [0.2, 0.25) is 0 Å². The fourth-order valence-electron chi connectivity index (χ4n) is 4.32. The average Bonchev–Trinajstić information content (AvgIpc) is 3.54. The number of aliphatic hydroxyl groups is 1. The van der Waals surface area contributed by atoms with Crippen LogP contribution in [-0.4, -0.2) is 46.4 Å². The maximum absolute atomic E-state index is 13.1. The van der Waals surface area contributed by atoms with Crippen molar-refractivity contribution in [1.29, 1.82) is 0 Å². The SMILES string of the molecule is CCOC(=O)c1cn(C2CC2)c2c(C)c(N3CCC(O)CC3)c([N+](=O)[O-])cc2c1=O. The van der Waals surface area contributed by atoms with E-state index in [-0.39, 0.29) is 29.3 Å². The molecule has 1 aliphatic heterocycles. The Kier molecular flexibility index (Phi) is 5.23. The molecule has 1 aromatic heterocycles. The summed E-state index contributed by atoms with van der Waals surface area (Å²) in [7, 11) is 0. The maximum Gasteiger partial charge on any atom is 0.343 e. The maximum atomic E-state index is 13.1. The number of ether oxygens (including phenoxy) is 1. The smallest absolute Gasteiger partial charge is 0.343 e. The molecule has 1 aromatic carbocycles. The van der Waals surface area contributed by atoms with Gasteiger partial charge in [-0.3, -0.25) is 14.9 Å². The van der Waals surface area contributed by atoms with Gasteiger partial charge in [0.25, 0.3) is 5.69 Å². The van der Waals surface area contributed by atoms with Crippen LogP contribution in [-0.2, 0) is 4.74 Å². The zero-order valence-electron chi connectivity index (χ0n) is 17.1. The first kappa shape index (κ1) is 20.3. The van der Waals surface area contributed by atoms with Crippen LogP contribution >= 0.6 is 0 Å². The third kappa shape index (κ3) is 3.43. The average molecular weight is 415 g/mol. The van der Waals surface area contributed by atoms with Crippen LogP contribution in [0.4, 0.5) is 11.4 Å². The van der Waals surface area contributed by atoms with E-state index in [9.17, 15) is 24.8 Å². The Hall–Kier alpha value is -2.94. The molecule has 160 valence electrons. The highest BCUT2D eigenvalue weighted by Gasteiger charge is 2.33. The monoisotopic (exact) mass is 415 g/mol. The van der Waals surface area contributed by atoms with Crippen molar-refractivity contribution in [3.8, 4) is 0 Å². The number of nitro groups is 1. The van der Waals surface area contributed by atoms with Gasteiger partial charge in [0.1, 0.15) is 11.3 Å². The normalized spacial score (nSPS) is 17.4. The highest BCUT2D eigenvalue weighted by atomic mass is 16.6. The number of carbonyl (C=O) groups is 1. The molecule has 0 amide bonds. The Morgan fingerprint density at radius 2 is 1.97 bits per heavy atom. The Balaban J connectivity index is 2.00. The zero-order valence-corrected chi connectivity index (χ0v) is 17.1. The number of aryl methyl sites for hydroxylation is 1. The number of fused-ring (bicyclic) bond motifs is 1. The molecule has 0 bridgehead atoms. The molecular weight excluding hydrogens is 390 g/mol. The second kappa shape index (κ2) is 7.71. The summed E-state index contributed by atoms with van der Waals surface area (Å²) in [6.07, 6.45) is 4.04. The summed E-state index contributed by atoms with van der Waals surface area (Å²) in [4.78, 5) is 38.8. The van der Waals surface area contributed by atoms with Crippen LogP contribution in [0.1, 0.15) is 54.6 Å². The van der Waals surface area contributed by atoms with Crippen molar-refractivity contribution in [3.05, 3.63) is 43.7 Å². The van der Waals surface area contributed by atoms with Gasteiger partial charge in [0.2, 0.25) is 5.43 Å². The van der Waals surface area contributed by atoms with E-state index in [1.807, 2.05) is 9.47 Å². The molecule has 9 nitrogen and oxygen atoms in total. The van der Waals surface area contributed by atoms with E-state index in [4.69, 9.17) is 4.74 Å². The lowest BCUT2D eigenvalue weighted by Gasteiger charge is -2.32. The molecule has 2 aromatic rings. The van der Waals surface area contributed by atoms with Gasteiger partial charge >= 0.3 is 5.97 Å². The molecule has 0 atom stereocenters. The fourth-order valence-corrected chi connectivity index (χ4v) is 4.32. The topological polar surface area (TPSA) is 115 Å². The molecule has 1 aliphatic carbocycles. The van der Waals surface area contributed by atoms with Crippen LogP contribution in [0.25, 0.3) is 10.9 Å². The number of anilines is 1. The number of aromatic nitrogens is 1. The van der Waals surface area contributed by atoms with Crippen molar-refractivity contribution >= 4 is 28.2 Å². The van der Waals surface area contributed by atoms with Crippen LogP contribution in [0.15, 0.2) is 17.1 Å². The molecule has 0 unspecified atom stereocenters. The lowest BCUT2D eigenvalue weighted by molar-refractivity contribution is -0.384. The van der Waals surface area contributed by atoms with Crippen LogP contribution in [0.3, 0.4) is 0 Å². The Labute approximate surface area is 173 Å². The number of aliphatic hydroxyl groups excluding tert-OH is 1. The summed E-state index contributed by atoms with van der Waals surface area (Å²) >= 11 is 0. The van der Waals surface area contributed by atoms with Crippen molar-refractivity contribution in [2.45, 2.75) is 51.7 Å². The van der Waals surface area contributed by atoms with Gasteiger partial charge in [0.05, 0.1) is 28.5 Å². The number of pyridine rings is 1. The molecule has 0 spiro atoms. The minimum Gasteiger partial charge on any atom is -0.462 e. The van der Waals surface area contributed by atoms with Gasteiger partial charge in [-0.05, 0) is 39.5 Å². The summed E-state index contributed by atoms with van der Waals surface area (Å²) in [6.45, 7) is 4.60. The first-order chi connectivity index (χ1) is 14.3. The standard InChI is InChI=1S/C21H25N3O6/c1-3-30-21(27)16-11-23(13-4-5-13)18-12(2)19(22-8-6-14(25)7-9-22)17(24(28)29)10-15(18)20(16)26/h10-11,13-14,25H,3-9H2,1-2H3. The van der Waals surface area contributed by atoms with Crippen molar-refractivity contribution in [2.24, 2.45) is 0 Å². The molecule has 1 N–H and O–H groups in total.